The van der Waals surface area contributed by atoms with Gasteiger partial charge in [-0.1, -0.05) is 35.6 Å². The molecule has 5 aromatic rings. The fraction of sp³-hybridized carbons (Fsp3) is 0.192. The number of ether oxygens (including phenoxy) is 2. The highest BCUT2D eigenvalue weighted by Gasteiger charge is 2.15. The Kier molecular flexibility index (Phi) is 6.53. The van der Waals surface area contributed by atoms with Crippen molar-refractivity contribution >= 4 is 49.7 Å². The van der Waals surface area contributed by atoms with E-state index in [1.54, 1.807) is 18.4 Å². The Hall–Kier alpha value is -3.33. The molecule has 8 heteroatoms. The lowest BCUT2D eigenvalue weighted by molar-refractivity contribution is 0.0998. The predicted molar refractivity (Wildman–Crippen MR) is 138 cm³/mol. The number of amides is 1. The van der Waals surface area contributed by atoms with Gasteiger partial charge in [-0.2, -0.15) is 4.99 Å². The molecule has 0 unspecified atom stereocenters. The Morgan fingerprint density at radius 2 is 2.00 bits per heavy atom. The van der Waals surface area contributed by atoms with Crippen LogP contribution in [0.5, 0.6) is 5.75 Å². The lowest BCUT2D eigenvalue weighted by Crippen LogP contribution is -2.20. The number of pyridine rings is 1. The molecule has 6 nitrogen and oxygen atoms in total. The Balaban J connectivity index is 1.66. The SMILES string of the molecule is CCOCCn1c(=NC(=O)c2cc(-c3cccs3)nc3ccccc23)sc2cc(OC)ccc21. The number of hydrogen-bond donors (Lipinski definition) is 0. The molecule has 0 spiro atoms. The van der Waals surface area contributed by atoms with Crippen molar-refractivity contribution in [2.75, 3.05) is 20.3 Å². The molecular weight excluding hydrogens is 466 g/mol. The van der Waals surface area contributed by atoms with Crippen LogP contribution in [0.15, 0.2) is 71.0 Å². The number of aromatic nitrogens is 2. The van der Waals surface area contributed by atoms with Crippen molar-refractivity contribution in [1.82, 2.24) is 9.55 Å². The summed E-state index contributed by atoms with van der Waals surface area (Å²) in [6.07, 6.45) is 0. The first-order chi connectivity index (χ1) is 16.7. The van der Waals surface area contributed by atoms with Crippen LogP contribution < -0.4 is 9.54 Å². The number of para-hydroxylation sites is 1. The van der Waals surface area contributed by atoms with Crippen molar-refractivity contribution in [1.29, 1.82) is 0 Å². The molecule has 0 aliphatic heterocycles. The van der Waals surface area contributed by atoms with E-state index in [0.29, 0.717) is 30.1 Å². The maximum atomic E-state index is 13.6. The van der Waals surface area contributed by atoms with Crippen LogP contribution >= 0.6 is 22.7 Å². The fourth-order valence-corrected chi connectivity index (χ4v) is 5.60. The van der Waals surface area contributed by atoms with Crippen LogP contribution in [0.2, 0.25) is 0 Å². The molecule has 0 aliphatic rings. The summed E-state index contributed by atoms with van der Waals surface area (Å²) in [6, 6.07) is 19.4. The number of fused-ring (bicyclic) bond motifs is 2. The second kappa shape index (κ2) is 9.89. The van der Waals surface area contributed by atoms with Crippen LogP contribution in [0.3, 0.4) is 0 Å². The highest BCUT2D eigenvalue weighted by Crippen LogP contribution is 2.28. The van der Waals surface area contributed by atoms with Crippen LogP contribution in [0.4, 0.5) is 0 Å². The zero-order valence-corrected chi connectivity index (χ0v) is 20.5. The van der Waals surface area contributed by atoms with E-state index >= 15 is 0 Å². The van der Waals surface area contributed by atoms with Gasteiger partial charge in [-0.25, -0.2) is 4.98 Å². The smallest absolute Gasteiger partial charge is 0.280 e. The molecule has 3 aromatic heterocycles. The van der Waals surface area contributed by atoms with Crippen LogP contribution in [0.25, 0.3) is 31.7 Å². The van der Waals surface area contributed by atoms with Gasteiger partial charge < -0.3 is 14.0 Å². The van der Waals surface area contributed by atoms with E-state index in [1.807, 2.05) is 77.5 Å². The maximum absolute atomic E-state index is 13.6. The minimum atomic E-state index is -0.292. The molecule has 34 heavy (non-hydrogen) atoms. The summed E-state index contributed by atoms with van der Waals surface area (Å²) in [5, 5.41) is 2.80. The zero-order valence-electron chi connectivity index (χ0n) is 18.9. The summed E-state index contributed by atoms with van der Waals surface area (Å²) in [5.41, 5.74) is 3.09. The van der Waals surface area contributed by atoms with Crippen LogP contribution in [0.1, 0.15) is 17.3 Å². The summed E-state index contributed by atoms with van der Waals surface area (Å²) >= 11 is 3.06. The van der Waals surface area contributed by atoms with Gasteiger partial charge in [0, 0.05) is 18.5 Å². The van der Waals surface area contributed by atoms with E-state index in [1.165, 1.54) is 11.3 Å². The quantitative estimate of drug-likeness (QED) is 0.272. The Bertz CT molecular complexity index is 1530. The van der Waals surface area contributed by atoms with Gasteiger partial charge >= 0.3 is 0 Å². The molecule has 0 aliphatic carbocycles. The number of benzene rings is 2. The third-order valence-corrected chi connectivity index (χ3v) is 7.40. The molecule has 0 atom stereocenters. The molecule has 3 heterocycles. The molecular formula is C26H23N3O3S2. The fourth-order valence-electron chi connectivity index (χ4n) is 3.83. The van der Waals surface area contributed by atoms with Crippen molar-refractivity contribution in [3.8, 4) is 16.3 Å². The van der Waals surface area contributed by atoms with E-state index < -0.39 is 0 Å². The molecule has 0 bridgehead atoms. The first-order valence-corrected chi connectivity index (χ1v) is 12.7. The van der Waals surface area contributed by atoms with Gasteiger partial charge in [0.05, 0.1) is 45.6 Å². The van der Waals surface area contributed by atoms with E-state index in [2.05, 4.69) is 4.99 Å². The van der Waals surface area contributed by atoms with Crippen molar-refractivity contribution in [3.63, 3.8) is 0 Å². The van der Waals surface area contributed by atoms with Crippen molar-refractivity contribution in [3.05, 3.63) is 76.4 Å². The van der Waals surface area contributed by atoms with E-state index in [-0.39, 0.29) is 5.91 Å². The van der Waals surface area contributed by atoms with Gasteiger partial charge in [0.1, 0.15) is 5.75 Å². The first kappa shape index (κ1) is 22.5. The second-order valence-electron chi connectivity index (χ2n) is 7.53. The van der Waals surface area contributed by atoms with Crippen LogP contribution in [-0.2, 0) is 11.3 Å². The maximum Gasteiger partial charge on any atom is 0.280 e. The Morgan fingerprint density at radius 3 is 2.79 bits per heavy atom. The second-order valence-corrected chi connectivity index (χ2v) is 9.49. The zero-order chi connectivity index (χ0) is 23.5. The number of nitrogens with zero attached hydrogens (tertiary/aromatic N) is 3. The van der Waals surface area contributed by atoms with Gasteiger partial charge in [0.25, 0.3) is 5.91 Å². The summed E-state index contributed by atoms with van der Waals surface area (Å²) in [4.78, 5) is 24.6. The highest BCUT2D eigenvalue weighted by atomic mass is 32.1. The normalized spacial score (nSPS) is 12.0. The van der Waals surface area contributed by atoms with Crippen LogP contribution in [0, 0.1) is 0 Å². The molecule has 0 saturated heterocycles. The molecule has 2 aromatic carbocycles. The Morgan fingerprint density at radius 1 is 1.12 bits per heavy atom. The third-order valence-electron chi connectivity index (χ3n) is 5.47. The monoisotopic (exact) mass is 489 g/mol. The van der Waals surface area contributed by atoms with E-state index in [4.69, 9.17) is 14.5 Å². The van der Waals surface area contributed by atoms with Gasteiger partial charge in [0.15, 0.2) is 4.80 Å². The molecule has 172 valence electrons. The first-order valence-electron chi connectivity index (χ1n) is 11.0. The predicted octanol–water partition coefficient (Wildman–Crippen LogP) is 5.77. The summed E-state index contributed by atoms with van der Waals surface area (Å²) in [7, 11) is 1.65. The van der Waals surface area contributed by atoms with Crippen molar-refractivity contribution < 1.29 is 14.3 Å². The third kappa shape index (κ3) is 4.40. The Labute approximate surface area is 204 Å². The average Bonchev–Trinajstić information content (AvgIpc) is 3.51. The standard InChI is InChI=1S/C26H23N3O3S2/c1-3-32-13-12-29-22-11-10-17(31-2)15-24(22)34-26(29)28-25(30)19-16-21(23-9-6-14-33-23)27-20-8-5-4-7-18(19)20/h4-11,14-16H,3,12-13H2,1-2H3. The summed E-state index contributed by atoms with van der Waals surface area (Å²) in [5.74, 6) is 0.476. The average molecular weight is 490 g/mol. The van der Waals surface area contributed by atoms with Crippen LogP contribution in [-0.4, -0.2) is 35.8 Å². The number of thiophene rings is 1. The van der Waals surface area contributed by atoms with E-state index in [0.717, 1.165) is 37.4 Å². The summed E-state index contributed by atoms with van der Waals surface area (Å²) in [6.45, 7) is 3.74. The number of hydrogen-bond acceptors (Lipinski definition) is 6. The van der Waals surface area contributed by atoms with Gasteiger partial charge in [0.2, 0.25) is 0 Å². The molecule has 0 fully saturated rings. The van der Waals surface area contributed by atoms with Gasteiger partial charge in [-0.3, -0.25) is 4.79 Å². The van der Waals surface area contributed by atoms with Gasteiger partial charge in [-0.05, 0) is 48.7 Å². The lowest BCUT2D eigenvalue weighted by Gasteiger charge is -2.07. The van der Waals surface area contributed by atoms with Crippen molar-refractivity contribution in [2.45, 2.75) is 13.5 Å². The lowest BCUT2D eigenvalue weighted by atomic mass is 10.1. The van der Waals surface area contributed by atoms with Gasteiger partial charge in [-0.15, -0.1) is 11.3 Å². The van der Waals surface area contributed by atoms with Crippen molar-refractivity contribution in [2.24, 2.45) is 4.99 Å². The molecule has 5 rings (SSSR count). The molecule has 0 N–H and O–H groups in total. The number of carbonyl (C=O) groups excluding carboxylic acids is 1. The molecule has 0 radical (unpaired) electrons. The highest BCUT2D eigenvalue weighted by molar-refractivity contribution is 7.16. The number of rotatable bonds is 7. The number of methoxy groups -OCH3 is 1. The minimum absolute atomic E-state index is 0.292. The molecule has 1 amide bonds. The minimum Gasteiger partial charge on any atom is -0.497 e. The molecule has 0 saturated carbocycles. The largest absolute Gasteiger partial charge is 0.497 e. The van der Waals surface area contributed by atoms with E-state index in [9.17, 15) is 4.79 Å². The number of carbonyl (C=O) groups is 1. The number of thiazole rings is 1. The summed E-state index contributed by atoms with van der Waals surface area (Å²) < 4.78 is 14.0. The topological polar surface area (TPSA) is 65.7 Å².